The molecule has 0 spiro atoms. The number of benzene rings is 3. The van der Waals surface area contributed by atoms with Crippen LogP contribution < -0.4 is 19.5 Å². The SMILES string of the molecule is COc1cccc(CNc2ccc3nc(-c4ccccc4)c(OCc4cccc(OC)c4)n3n2)c1. The van der Waals surface area contributed by atoms with Crippen LogP contribution in [0, 0.1) is 0 Å². The van der Waals surface area contributed by atoms with E-state index in [1.165, 1.54) is 0 Å². The van der Waals surface area contributed by atoms with Crippen LogP contribution in [0.4, 0.5) is 5.82 Å². The van der Waals surface area contributed by atoms with Gasteiger partial charge in [0.1, 0.15) is 29.6 Å². The molecule has 0 fully saturated rings. The molecule has 5 rings (SSSR count). The topological polar surface area (TPSA) is 69.9 Å². The average Bonchev–Trinajstić information content (AvgIpc) is 3.29. The van der Waals surface area contributed by atoms with Crippen LogP contribution in [0.1, 0.15) is 11.1 Å². The fraction of sp³-hybridized carbons (Fsp3) is 0.143. The van der Waals surface area contributed by atoms with Gasteiger partial charge in [0.15, 0.2) is 5.65 Å². The molecule has 0 saturated carbocycles. The first-order valence-corrected chi connectivity index (χ1v) is 11.3. The molecular formula is C28H26N4O3. The number of fused-ring (bicyclic) bond motifs is 1. The summed E-state index contributed by atoms with van der Waals surface area (Å²) >= 11 is 0. The lowest BCUT2D eigenvalue weighted by Gasteiger charge is -2.10. The second-order valence-electron chi connectivity index (χ2n) is 7.97. The molecule has 2 heterocycles. The maximum Gasteiger partial charge on any atom is 0.244 e. The van der Waals surface area contributed by atoms with E-state index in [4.69, 9.17) is 24.3 Å². The van der Waals surface area contributed by atoms with E-state index in [0.717, 1.165) is 33.9 Å². The minimum Gasteiger partial charge on any atom is -0.497 e. The summed E-state index contributed by atoms with van der Waals surface area (Å²) in [5.41, 5.74) is 4.49. The number of imidazole rings is 1. The molecule has 3 aromatic carbocycles. The predicted molar refractivity (Wildman–Crippen MR) is 136 cm³/mol. The Morgan fingerprint density at radius 2 is 1.49 bits per heavy atom. The first-order valence-electron chi connectivity index (χ1n) is 11.3. The molecule has 0 bridgehead atoms. The molecule has 0 saturated heterocycles. The number of ether oxygens (including phenoxy) is 3. The lowest BCUT2D eigenvalue weighted by Crippen LogP contribution is -2.06. The van der Waals surface area contributed by atoms with Gasteiger partial charge in [-0.25, -0.2) is 4.98 Å². The zero-order valence-corrected chi connectivity index (χ0v) is 19.6. The molecule has 1 N–H and O–H groups in total. The molecule has 0 radical (unpaired) electrons. The molecule has 0 aliphatic rings. The number of nitrogens with one attached hydrogen (secondary N) is 1. The van der Waals surface area contributed by atoms with Crippen molar-refractivity contribution in [1.29, 1.82) is 0 Å². The summed E-state index contributed by atoms with van der Waals surface area (Å²) in [6.45, 7) is 0.962. The maximum absolute atomic E-state index is 6.32. The third kappa shape index (κ3) is 5.04. The van der Waals surface area contributed by atoms with Gasteiger partial charge in [-0.3, -0.25) is 0 Å². The Hall–Kier alpha value is -4.52. The van der Waals surface area contributed by atoms with Gasteiger partial charge < -0.3 is 19.5 Å². The minimum atomic E-state index is 0.355. The van der Waals surface area contributed by atoms with Gasteiger partial charge in [-0.05, 0) is 47.5 Å². The van der Waals surface area contributed by atoms with Crippen LogP contribution in [-0.4, -0.2) is 28.8 Å². The molecule has 7 heteroatoms. The molecule has 5 aromatic rings. The third-order valence-corrected chi connectivity index (χ3v) is 5.60. The largest absolute Gasteiger partial charge is 0.497 e. The van der Waals surface area contributed by atoms with Gasteiger partial charge in [0.05, 0.1) is 14.2 Å². The predicted octanol–water partition coefficient (Wildman–Crippen LogP) is 5.60. The number of methoxy groups -OCH3 is 2. The summed E-state index contributed by atoms with van der Waals surface area (Å²) in [6, 6.07) is 29.6. The number of hydrogen-bond acceptors (Lipinski definition) is 6. The molecule has 2 aromatic heterocycles. The van der Waals surface area contributed by atoms with E-state index >= 15 is 0 Å². The van der Waals surface area contributed by atoms with Crippen LogP contribution in [0.3, 0.4) is 0 Å². The Balaban J connectivity index is 1.46. The second kappa shape index (κ2) is 10.2. The fourth-order valence-corrected chi connectivity index (χ4v) is 3.81. The number of aromatic nitrogens is 3. The highest BCUT2D eigenvalue weighted by Gasteiger charge is 2.17. The van der Waals surface area contributed by atoms with Crippen molar-refractivity contribution in [3.05, 3.63) is 102 Å². The zero-order chi connectivity index (χ0) is 24.0. The van der Waals surface area contributed by atoms with Gasteiger partial charge in [-0.2, -0.15) is 4.52 Å². The molecular weight excluding hydrogens is 440 g/mol. The summed E-state index contributed by atoms with van der Waals surface area (Å²) in [5.74, 6) is 2.90. The number of nitrogens with zero attached hydrogens (tertiary/aromatic N) is 3. The summed E-state index contributed by atoms with van der Waals surface area (Å²) in [7, 11) is 3.32. The van der Waals surface area contributed by atoms with E-state index in [9.17, 15) is 0 Å². The minimum absolute atomic E-state index is 0.355. The van der Waals surface area contributed by atoms with Crippen molar-refractivity contribution < 1.29 is 14.2 Å². The summed E-state index contributed by atoms with van der Waals surface area (Å²) in [6.07, 6.45) is 0. The number of anilines is 1. The lowest BCUT2D eigenvalue weighted by molar-refractivity contribution is 0.288. The number of rotatable bonds is 9. The van der Waals surface area contributed by atoms with Crippen molar-refractivity contribution >= 4 is 11.5 Å². The van der Waals surface area contributed by atoms with Crippen LogP contribution in [-0.2, 0) is 13.2 Å². The van der Waals surface area contributed by atoms with Gasteiger partial charge in [-0.1, -0.05) is 54.6 Å². The molecule has 176 valence electrons. The van der Waals surface area contributed by atoms with E-state index in [1.54, 1.807) is 18.7 Å². The average molecular weight is 467 g/mol. The van der Waals surface area contributed by atoms with E-state index < -0.39 is 0 Å². The second-order valence-corrected chi connectivity index (χ2v) is 7.97. The van der Waals surface area contributed by atoms with Crippen molar-refractivity contribution in [3.63, 3.8) is 0 Å². The van der Waals surface area contributed by atoms with Gasteiger partial charge >= 0.3 is 0 Å². The molecule has 0 amide bonds. The Labute approximate surface area is 203 Å². The molecule has 0 aliphatic carbocycles. The van der Waals surface area contributed by atoms with Crippen LogP contribution in [0.15, 0.2) is 91.0 Å². The highest BCUT2D eigenvalue weighted by Crippen LogP contribution is 2.31. The monoisotopic (exact) mass is 466 g/mol. The van der Waals surface area contributed by atoms with Crippen molar-refractivity contribution in [2.75, 3.05) is 19.5 Å². The van der Waals surface area contributed by atoms with Crippen LogP contribution >= 0.6 is 0 Å². The molecule has 35 heavy (non-hydrogen) atoms. The van der Waals surface area contributed by atoms with Gasteiger partial charge in [-0.15, -0.1) is 5.10 Å². The molecule has 0 atom stereocenters. The zero-order valence-electron chi connectivity index (χ0n) is 19.6. The Kier molecular flexibility index (Phi) is 6.48. The van der Waals surface area contributed by atoms with E-state index in [2.05, 4.69) is 5.32 Å². The first kappa shape index (κ1) is 22.3. The summed E-state index contributed by atoms with van der Waals surface area (Å²) < 4.78 is 18.7. The quantitative estimate of drug-likeness (QED) is 0.305. The van der Waals surface area contributed by atoms with Crippen LogP contribution in [0.2, 0.25) is 0 Å². The molecule has 0 unspecified atom stereocenters. The fourth-order valence-electron chi connectivity index (χ4n) is 3.81. The maximum atomic E-state index is 6.32. The van der Waals surface area contributed by atoms with Crippen molar-refractivity contribution in [2.45, 2.75) is 13.2 Å². The van der Waals surface area contributed by atoms with E-state index in [0.29, 0.717) is 30.5 Å². The van der Waals surface area contributed by atoms with E-state index in [-0.39, 0.29) is 0 Å². The number of hydrogen-bond donors (Lipinski definition) is 1. The Bertz CT molecular complexity index is 1430. The van der Waals surface area contributed by atoms with Crippen LogP contribution in [0.5, 0.6) is 17.4 Å². The highest BCUT2D eigenvalue weighted by atomic mass is 16.5. The first-order chi connectivity index (χ1) is 17.2. The van der Waals surface area contributed by atoms with Gasteiger partial charge in [0.25, 0.3) is 0 Å². The van der Waals surface area contributed by atoms with Gasteiger partial charge in [0, 0.05) is 12.1 Å². The van der Waals surface area contributed by atoms with Crippen LogP contribution in [0.25, 0.3) is 16.9 Å². The summed E-state index contributed by atoms with van der Waals surface area (Å²) in [5, 5.41) is 8.17. The molecule has 7 nitrogen and oxygen atoms in total. The Morgan fingerprint density at radius 1 is 0.771 bits per heavy atom. The normalized spacial score (nSPS) is 10.8. The van der Waals surface area contributed by atoms with E-state index in [1.807, 2.05) is 91.0 Å². The smallest absolute Gasteiger partial charge is 0.244 e. The standard InChI is InChI=1S/C28H26N4O3/c1-33-23-12-6-8-20(16-23)18-29-25-14-15-26-30-27(22-10-4-3-5-11-22)28(32(26)31-25)35-19-21-9-7-13-24(17-21)34-2/h3-17H,18-19H2,1-2H3,(H,29,31). The third-order valence-electron chi connectivity index (χ3n) is 5.60. The Morgan fingerprint density at radius 3 is 2.23 bits per heavy atom. The van der Waals surface area contributed by atoms with Crippen molar-refractivity contribution in [2.24, 2.45) is 0 Å². The lowest BCUT2D eigenvalue weighted by atomic mass is 10.2. The van der Waals surface area contributed by atoms with Crippen molar-refractivity contribution in [3.8, 4) is 28.6 Å². The van der Waals surface area contributed by atoms with Crippen molar-refractivity contribution in [1.82, 2.24) is 14.6 Å². The summed E-state index contributed by atoms with van der Waals surface area (Å²) in [4.78, 5) is 4.82. The van der Waals surface area contributed by atoms with Gasteiger partial charge in [0.2, 0.25) is 5.88 Å². The highest BCUT2D eigenvalue weighted by molar-refractivity contribution is 5.69. The molecule has 0 aliphatic heterocycles.